The molecule has 0 aromatic rings. The summed E-state index contributed by atoms with van der Waals surface area (Å²) in [5, 5.41) is 0. The number of ether oxygens (including phenoxy) is 3. The zero-order chi connectivity index (χ0) is 52.9. The predicted molar refractivity (Wildman–Crippen MR) is 316 cm³/mol. The summed E-state index contributed by atoms with van der Waals surface area (Å²) in [7, 11) is 0. The summed E-state index contributed by atoms with van der Waals surface area (Å²) in [5.41, 5.74) is 0. The minimum Gasteiger partial charge on any atom is -0.462 e. The van der Waals surface area contributed by atoms with Gasteiger partial charge >= 0.3 is 17.9 Å². The molecule has 0 N–H and O–H groups in total. The van der Waals surface area contributed by atoms with Crippen molar-refractivity contribution < 1.29 is 28.6 Å². The summed E-state index contributed by atoms with van der Waals surface area (Å²) < 4.78 is 16.9. The molecule has 6 nitrogen and oxygen atoms in total. The highest BCUT2D eigenvalue weighted by molar-refractivity contribution is 5.71. The van der Waals surface area contributed by atoms with Crippen molar-refractivity contribution in [3.05, 3.63) is 72.9 Å². The number of carbonyl (C=O) groups is 3. The number of allylic oxidation sites excluding steroid dienone is 12. The van der Waals surface area contributed by atoms with Crippen LogP contribution in [0.2, 0.25) is 0 Å². The molecule has 0 saturated carbocycles. The largest absolute Gasteiger partial charge is 0.462 e. The molecule has 0 fully saturated rings. The Hall–Kier alpha value is -3.15. The molecule has 0 rings (SSSR count). The van der Waals surface area contributed by atoms with E-state index in [0.717, 1.165) is 89.9 Å². The second-order valence-electron chi connectivity index (χ2n) is 21.0. The number of hydrogen-bond donors (Lipinski definition) is 0. The third kappa shape index (κ3) is 59.6. The Bertz CT molecular complexity index is 1360. The molecule has 6 heteroatoms. The number of rotatable bonds is 57. The lowest BCUT2D eigenvalue weighted by atomic mass is 10.1. The first-order valence-corrected chi connectivity index (χ1v) is 31.4. The van der Waals surface area contributed by atoms with Crippen LogP contribution >= 0.6 is 0 Å². The molecule has 422 valence electrons. The molecule has 0 amide bonds. The maximum atomic E-state index is 12.9. The van der Waals surface area contributed by atoms with E-state index in [4.69, 9.17) is 14.2 Å². The van der Waals surface area contributed by atoms with E-state index in [1.165, 1.54) is 186 Å². The van der Waals surface area contributed by atoms with Gasteiger partial charge in [0.15, 0.2) is 6.10 Å². The van der Waals surface area contributed by atoms with Gasteiger partial charge in [0.25, 0.3) is 0 Å². The monoisotopic (exact) mass is 1020 g/mol. The topological polar surface area (TPSA) is 78.9 Å². The van der Waals surface area contributed by atoms with Crippen molar-refractivity contribution in [1.82, 2.24) is 0 Å². The lowest BCUT2D eigenvalue weighted by Crippen LogP contribution is -2.30. The van der Waals surface area contributed by atoms with Crippen molar-refractivity contribution in [3.8, 4) is 0 Å². The minimum atomic E-state index is -0.790. The molecule has 0 unspecified atom stereocenters. The molecule has 0 aromatic heterocycles. The van der Waals surface area contributed by atoms with Gasteiger partial charge in [-0.25, -0.2) is 0 Å². The van der Waals surface area contributed by atoms with E-state index in [1.807, 2.05) is 0 Å². The van der Waals surface area contributed by atoms with Crippen molar-refractivity contribution in [2.45, 2.75) is 322 Å². The predicted octanol–water partition coefficient (Wildman–Crippen LogP) is 21.3. The summed E-state index contributed by atoms with van der Waals surface area (Å²) >= 11 is 0. The lowest BCUT2D eigenvalue weighted by Gasteiger charge is -2.18. The van der Waals surface area contributed by atoms with Gasteiger partial charge in [-0.05, 0) is 116 Å². The fraction of sp³-hybridized carbons (Fsp3) is 0.776. The molecule has 0 bridgehead atoms. The third-order valence-electron chi connectivity index (χ3n) is 13.7. The Morgan fingerprint density at radius 3 is 0.808 bits per heavy atom. The van der Waals surface area contributed by atoms with Gasteiger partial charge in [-0.2, -0.15) is 0 Å². The molecule has 0 radical (unpaired) electrons. The Balaban J connectivity index is 4.41. The van der Waals surface area contributed by atoms with Crippen molar-refractivity contribution in [3.63, 3.8) is 0 Å². The van der Waals surface area contributed by atoms with Gasteiger partial charge in [-0.15, -0.1) is 0 Å². The van der Waals surface area contributed by atoms with Crippen LogP contribution in [-0.4, -0.2) is 37.2 Å². The van der Waals surface area contributed by atoms with Crippen molar-refractivity contribution in [1.29, 1.82) is 0 Å². The van der Waals surface area contributed by atoms with Crippen molar-refractivity contribution >= 4 is 17.9 Å². The highest BCUT2D eigenvalue weighted by atomic mass is 16.6. The summed E-state index contributed by atoms with van der Waals surface area (Å²) in [6, 6.07) is 0. The SMILES string of the molecule is CCCCC/C=C\C/C=C\C/C=C\CCCCCCC(=O)OC[C@H](COC(=O)CCCCCCCCCCC/C=C\C/C=C\CCCCC)OC(=O)CCCCCCCCC/C=C\CCCCCCCCCC. The molecule has 1 atom stereocenters. The average Bonchev–Trinajstić information content (AvgIpc) is 3.39. The van der Waals surface area contributed by atoms with Crippen LogP contribution in [-0.2, 0) is 28.6 Å². The summed E-state index contributed by atoms with van der Waals surface area (Å²) in [6.45, 7) is 6.60. The molecule has 0 heterocycles. The Morgan fingerprint density at radius 1 is 0.274 bits per heavy atom. The van der Waals surface area contributed by atoms with Crippen LogP contribution in [0.5, 0.6) is 0 Å². The maximum Gasteiger partial charge on any atom is 0.306 e. The fourth-order valence-electron chi connectivity index (χ4n) is 8.89. The molecular formula is C67H118O6. The molecule has 0 aliphatic heterocycles. The van der Waals surface area contributed by atoms with E-state index < -0.39 is 6.10 Å². The van der Waals surface area contributed by atoms with Crippen LogP contribution in [0, 0.1) is 0 Å². The maximum absolute atomic E-state index is 12.9. The lowest BCUT2D eigenvalue weighted by molar-refractivity contribution is -0.167. The van der Waals surface area contributed by atoms with Gasteiger partial charge in [0.1, 0.15) is 13.2 Å². The molecule has 0 saturated heterocycles. The first kappa shape index (κ1) is 69.8. The molecule has 0 spiro atoms. The standard InChI is InChI=1S/C67H118O6/c1-4-7-10-13-16-19-22-25-28-31-33-36-39-42-45-48-51-54-57-60-66(69)72-63-64(62-71-65(68)59-56-53-50-47-44-41-38-35-30-27-24-21-18-15-12-9-6-3)73-67(70)61-58-55-52-49-46-43-40-37-34-32-29-26-23-20-17-14-11-8-5-2/h16,18-19,21,25,27-28,30,32,34,38,41,64H,4-15,17,20,22-24,26,29,31,33,35-37,39-40,42-63H2,1-3H3/b19-16-,21-18-,28-25-,30-27-,34-32-,41-38-/t64-/m1/s1. The second kappa shape index (κ2) is 61.4. The number of unbranched alkanes of at least 4 members (excludes halogenated alkanes) is 34. The molecule has 0 aliphatic rings. The van der Waals surface area contributed by atoms with Crippen LogP contribution < -0.4 is 0 Å². The van der Waals surface area contributed by atoms with E-state index in [9.17, 15) is 14.4 Å². The molecule has 73 heavy (non-hydrogen) atoms. The highest BCUT2D eigenvalue weighted by Gasteiger charge is 2.19. The zero-order valence-electron chi connectivity index (χ0n) is 48.4. The van der Waals surface area contributed by atoms with E-state index in [2.05, 4.69) is 93.7 Å². The second-order valence-corrected chi connectivity index (χ2v) is 21.0. The van der Waals surface area contributed by atoms with Gasteiger partial charge in [0.2, 0.25) is 0 Å². The van der Waals surface area contributed by atoms with Crippen LogP contribution in [0.25, 0.3) is 0 Å². The van der Waals surface area contributed by atoms with Gasteiger partial charge < -0.3 is 14.2 Å². The van der Waals surface area contributed by atoms with E-state index in [0.29, 0.717) is 19.3 Å². The highest BCUT2D eigenvalue weighted by Crippen LogP contribution is 2.16. The van der Waals surface area contributed by atoms with E-state index >= 15 is 0 Å². The molecular weight excluding hydrogens is 901 g/mol. The third-order valence-corrected chi connectivity index (χ3v) is 13.7. The molecule has 0 aliphatic carbocycles. The average molecular weight is 1020 g/mol. The first-order chi connectivity index (χ1) is 36.0. The number of esters is 3. The van der Waals surface area contributed by atoms with Gasteiger partial charge in [-0.3, -0.25) is 14.4 Å². The quantitative estimate of drug-likeness (QED) is 0.0261. The number of carbonyl (C=O) groups excluding carboxylic acids is 3. The summed E-state index contributed by atoms with van der Waals surface area (Å²) in [4.78, 5) is 38.3. The van der Waals surface area contributed by atoms with Crippen molar-refractivity contribution in [2.75, 3.05) is 13.2 Å². The first-order valence-electron chi connectivity index (χ1n) is 31.4. The Kier molecular flexibility index (Phi) is 58.7. The van der Waals surface area contributed by atoms with Crippen LogP contribution in [0.15, 0.2) is 72.9 Å². The van der Waals surface area contributed by atoms with Crippen molar-refractivity contribution in [2.24, 2.45) is 0 Å². The van der Waals surface area contributed by atoms with E-state index in [-0.39, 0.29) is 31.1 Å². The van der Waals surface area contributed by atoms with Gasteiger partial charge in [0.05, 0.1) is 0 Å². The Morgan fingerprint density at radius 2 is 0.493 bits per heavy atom. The van der Waals surface area contributed by atoms with E-state index in [1.54, 1.807) is 0 Å². The summed E-state index contributed by atoms with van der Waals surface area (Å²) in [5.74, 6) is -0.903. The summed E-state index contributed by atoms with van der Waals surface area (Å²) in [6.07, 6.45) is 78.9. The van der Waals surface area contributed by atoms with Gasteiger partial charge in [0, 0.05) is 19.3 Å². The fourth-order valence-corrected chi connectivity index (χ4v) is 8.89. The smallest absolute Gasteiger partial charge is 0.306 e. The molecule has 0 aromatic carbocycles. The van der Waals surface area contributed by atoms with Crippen LogP contribution in [0.3, 0.4) is 0 Å². The van der Waals surface area contributed by atoms with Crippen LogP contribution in [0.4, 0.5) is 0 Å². The zero-order valence-corrected chi connectivity index (χ0v) is 48.4. The van der Waals surface area contributed by atoms with Crippen LogP contribution in [0.1, 0.15) is 316 Å². The normalized spacial score (nSPS) is 12.5. The number of hydrogen-bond acceptors (Lipinski definition) is 6. The minimum absolute atomic E-state index is 0.0856. The van der Waals surface area contributed by atoms with Gasteiger partial charge in [-0.1, -0.05) is 254 Å². The Labute approximate surface area is 453 Å².